The van der Waals surface area contributed by atoms with Gasteiger partial charge in [0.25, 0.3) is 0 Å². The molecule has 0 aliphatic carbocycles. The van der Waals surface area contributed by atoms with Gasteiger partial charge in [-0.1, -0.05) is 31.2 Å². The number of carbonyl (C=O) groups is 1. The molecular weight excluding hydrogens is 294 g/mol. The van der Waals surface area contributed by atoms with E-state index in [-0.39, 0.29) is 12.1 Å². The zero-order valence-corrected chi connectivity index (χ0v) is 13.6. The molecule has 0 saturated carbocycles. The number of hydrogen-bond donors (Lipinski definition) is 1. The molecule has 3 rings (SSSR count). The van der Waals surface area contributed by atoms with E-state index in [4.69, 9.17) is 0 Å². The molecular formula is C18H21NO2S. The van der Waals surface area contributed by atoms with Gasteiger partial charge in [-0.15, -0.1) is 0 Å². The highest BCUT2D eigenvalue weighted by molar-refractivity contribution is 7.08. The molecule has 1 aliphatic heterocycles. The summed E-state index contributed by atoms with van der Waals surface area (Å²) in [5.41, 5.74) is 3.69. The maximum atomic E-state index is 11.6. The van der Waals surface area contributed by atoms with Crippen LogP contribution >= 0.6 is 11.3 Å². The Morgan fingerprint density at radius 2 is 2.09 bits per heavy atom. The van der Waals surface area contributed by atoms with Crippen LogP contribution in [0.2, 0.25) is 0 Å². The fourth-order valence-corrected chi connectivity index (χ4v) is 3.98. The molecule has 22 heavy (non-hydrogen) atoms. The van der Waals surface area contributed by atoms with Crippen LogP contribution in [-0.2, 0) is 11.2 Å². The summed E-state index contributed by atoms with van der Waals surface area (Å²) >= 11 is 1.66. The summed E-state index contributed by atoms with van der Waals surface area (Å²) in [7, 11) is 0. The third-order valence-electron chi connectivity index (χ3n) is 4.47. The van der Waals surface area contributed by atoms with Crippen molar-refractivity contribution in [3.8, 4) is 0 Å². The molecule has 1 fully saturated rings. The van der Waals surface area contributed by atoms with E-state index in [0.29, 0.717) is 0 Å². The summed E-state index contributed by atoms with van der Waals surface area (Å²) in [5.74, 6) is -0.706. The number of hydrogen-bond acceptors (Lipinski definition) is 3. The van der Waals surface area contributed by atoms with Crippen LogP contribution in [-0.4, -0.2) is 28.6 Å². The highest BCUT2D eigenvalue weighted by Gasteiger charge is 2.36. The number of thiophene rings is 1. The van der Waals surface area contributed by atoms with Gasteiger partial charge in [0.2, 0.25) is 0 Å². The topological polar surface area (TPSA) is 40.5 Å². The third-order valence-corrected chi connectivity index (χ3v) is 5.18. The second-order valence-electron chi connectivity index (χ2n) is 5.79. The molecule has 1 aliphatic rings. The Morgan fingerprint density at radius 1 is 1.32 bits per heavy atom. The largest absolute Gasteiger partial charge is 0.480 e. The predicted octanol–water partition coefficient (Wildman–Crippen LogP) is 3.95. The van der Waals surface area contributed by atoms with Gasteiger partial charge in [-0.2, -0.15) is 11.3 Å². The first-order valence-corrected chi connectivity index (χ1v) is 8.74. The molecule has 3 nitrogen and oxygen atoms in total. The number of likely N-dealkylation sites (tertiary alicyclic amines) is 1. The normalized spacial score (nSPS) is 20.1. The molecule has 0 spiro atoms. The monoisotopic (exact) mass is 315 g/mol. The Hall–Kier alpha value is -1.65. The third kappa shape index (κ3) is 2.94. The van der Waals surface area contributed by atoms with E-state index in [1.807, 2.05) is 0 Å². The molecule has 1 N–H and O–H groups in total. The maximum absolute atomic E-state index is 11.6. The van der Waals surface area contributed by atoms with E-state index in [1.165, 1.54) is 16.7 Å². The van der Waals surface area contributed by atoms with Crippen LogP contribution in [0, 0.1) is 0 Å². The summed E-state index contributed by atoms with van der Waals surface area (Å²) in [5, 5.41) is 13.7. The first-order chi connectivity index (χ1) is 10.7. The quantitative estimate of drug-likeness (QED) is 0.908. The van der Waals surface area contributed by atoms with Crippen molar-refractivity contribution in [3.05, 3.63) is 57.8 Å². The number of benzene rings is 1. The van der Waals surface area contributed by atoms with Crippen LogP contribution in [0.5, 0.6) is 0 Å². The lowest BCUT2D eigenvalue weighted by atomic mass is 9.97. The zero-order valence-electron chi connectivity index (χ0n) is 12.7. The number of rotatable bonds is 5. The van der Waals surface area contributed by atoms with Crippen molar-refractivity contribution in [2.75, 3.05) is 6.54 Å². The molecule has 2 atom stereocenters. The first-order valence-electron chi connectivity index (χ1n) is 7.80. The highest BCUT2D eigenvalue weighted by Crippen LogP contribution is 2.35. The van der Waals surface area contributed by atoms with Gasteiger partial charge in [0, 0.05) is 6.54 Å². The number of nitrogens with zero attached hydrogens (tertiary/aromatic N) is 1. The molecule has 2 unspecified atom stereocenters. The average molecular weight is 315 g/mol. The van der Waals surface area contributed by atoms with Crippen molar-refractivity contribution in [2.24, 2.45) is 0 Å². The van der Waals surface area contributed by atoms with E-state index >= 15 is 0 Å². The van der Waals surface area contributed by atoms with E-state index in [2.05, 4.69) is 52.9 Å². The average Bonchev–Trinajstić information content (AvgIpc) is 3.20. The van der Waals surface area contributed by atoms with Crippen LogP contribution in [0.3, 0.4) is 0 Å². The lowest BCUT2D eigenvalue weighted by Gasteiger charge is -2.31. The molecule has 1 aromatic heterocycles. The van der Waals surface area contributed by atoms with E-state index in [1.54, 1.807) is 11.3 Å². The van der Waals surface area contributed by atoms with Gasteiger partial charge in [0.15, 0.2) is 0 Å². The van der Waals surface area contributed by atoms with E-state index in [9.17, 15) is 9.90 Å². The molecule has 2 aromatic rings. The Labute approximate surface area is 135 Å². The lowest BCUT2D eigenvalue weighted by Crippen LogP contribution is -2.39. The molecule has 1 aromatic carbocycles. The minimum Gasteiger partial charge on any atom is -0.480 e. The summed E-state index contributed by atoms with van der Waals surface area (Å²) < 4.78 is 0. The molecule has 1 saturated heterocycles. The first kappa shape index (κ1) is 15.3. The van der Waals surface area contributed by atoms with Crippen molar-refractivity contribution >= 4 is 17.3 Å². The molecule has 0 radical (unpaired) electrons. The van der Waals surface area contributed by atoms with Crippen molar-refractivity contribution < 1.29 is 9.90 Å². The second kappa shape index (κ2) is 6.63. The molecule has 0 amide bonds. The molecule has 4 heteroatoms. The van der Waals surface area contributed by atoms with Gasteiger partial charge in [-0.05, 0) is 52.8 Å². The van der Waals surface area contributed by atoms with Gasteiger partial charge < -0.3 is 5.11 Å². The van der Waals surface area contributed by atoms with Crippen molar-refractivity contribution in [1.29, 1.82) is 0 Å². The minimum atomic E-state index is -0.706. The Balaban J connectivity index is 1.98. The zero-order chi connectivity index (χ0) is 15.5. The van der Waals surface area contributed by atoms with Gasteiger partial charge in [-0.25, -0.2) is 0 Å². The Bertz CT molecular complexity index is 621. The standard InChI is InChI=1S/C18H21NO2S/c1-2-13-5-7-14(8-6-13)17(15-9-11-22-12-15)19-10-3-4-16(19)18(20)21/h5-9,11-12,16-17H,2-4,10H2,1H3,(H,20,21). The fraction of sp³-hybridized carbons (Fsp3) is 0.389. The maximum Gasteiger partial charge on any atom is 0.320 e. The van der Waals surface area contributed by atoms with Gasteiger partial charge in [0.05, 0.1) is 6.04 Å². The number of aryl methyl sites for hydroxylation is 1. The summed E-state index contributed by atoms with van der Waals surface area (Å²) in [6, 6.07) is 10.4. The van der Waals surface area contributed by atoms with Crippen LogP contribution < -0.4 is 0 Å². The molecule has 0 bridgehead atoms. The number of carboxylic acid groups (broad SMARTS) is 1. The Morgan fingerprint density at radius 3 is 2.68 bits per heavy atom. The van der Waals surface area contributed by atoms with Gasteiger partial charge in [0.1, 0.15) is 6.04 Å². The van der Waals surface area contributed by atoms with Crippen molar-refractivity contribution in [2.45, 2.75) is 38.3 Å². The molecule has 116 valence electrons. The smallest absolute Gasteiger partial charge is 0.320 e. The van der Waals surface area contributed by atoms with Gasteiger partial charge >= 0.3 is 5.97 Å². The SMILES string of the molecule is CCc1ccc(C(c2ccsc2)N2CCCC2C(=O)O)cc1. The Kier molecular flexibility index (Phi) is 4.60. The fourth-order valence-electron chi connectivity index (χ4n) is 3.30. The minimum absolute atomic E-state index is 0.0424. The van der Waals surface area contributed by atoms with Crippen LogP contribution in [0.15, 0.2) is 41.1 Å². The van der Waals surface area contributed by atoms with Crippen LogP contribution in [0.1, 0.15) is 42.5 Å². The summed E-state index contributed by atoms with van der Waals surface area (Å²) in [6.45, 7) is 2.99. The number of carboxylic acids is 1. The summed E-state index contributed by atoms with van der Waals surface area (Å²) in [6.07, 6.45) is 2.71. The van der Waals surface area contributed by atoms with Crippen molar-refractivity contribution in [3.63, 3.8) is 0 Å². The van der Waals surface area contributed by atoms with Crippen molar-refractivity contribution in [1.82, 2.24) is 4.90 Å². The highest BCUT2D eigenvalue weighted by atomic mass is 32.1. The molecule has 2 heterocycles. The van der Waals surface area contributed by atoms with Crippen LogP contribution in [0.25, 0.3) is 0 Å². The van der Waals surface area contributed by atoms with Gasteiger partial charge in [-0.3, -0.25) is 9.69 Å². The lowest BCUT2D eigenvalue weighted by molar-refractivity contribution is -0.142. The van der Waals surface area contributed by atoms with Crippen LogP contribution in [0.4, 0.5) is 0 Å². The van der Waals surface area contributed by atoms with E-state index in [0.717, 1.165) is 25.8 Å². The van der Waals surface area contributed by atoms with E-state index < -0.39 is 5.97 Å². The second-order valence-corrected chi connectivity index (χ2v) is 6.57. The predicted molar refractivity (Wildman–Crippen MR) is 89.3 cm³/mol. The number of aliphatic carboxylic acids is 1. The summed E-state index contributed by atoms with van der Waals surface area (Å²) in [4.78, 5) is 13.7.